The van der Waals surface area contributed by atoms with Gasteiger partial charge in [-0.2, -0.15) is 0 Å². The number of anilines is 1. The highest BCUT2D eigenvalue weighted by Gasteiger charge is 2.40. The van der Waals surface area contributed by atoms with Gasteiger partial charge in [0.05, 0.1) is 16.7 Å². The van der Waals surface area contributed by atoms with Gasteiger partial charge in [0.15, 0.2) is 12.4 Å². The Morgan fingerprint density at radius 3 is 2.68 bits per heavy atom. The average Bonchev–Trinajstić information content (AvgIpc) is 3.34. The maximum atomic E-state index is 12.7. The van der Waals surface area contributed by atoms with Gasteiger partial charge in [0.2, 0.25) is 11.8 Å². The van der Waals surface area contributed by atoms with Crippen LogP contribution in [-0.4, -0.2) is 46.2 Å². The summed E-state index contributed by atoms with van der Waals surface area (Å²) in [7, 11) is 0. The van der Waals surface area contributed by atoms with E-state index < -0.39 is 11.2 Å². The molecular weight excluding hydrogens is 416 g/mol. The van der Waals surface area contributed by atoms with E-state index in [2.05, 4.69) is 4.98 Å². The number of thioether (sulfide) groups is 1. The van der Waals surface area contributed by atoms with Gasteiger partial charge in [0.25, 0.3) is 0 Å². The number of hydrogen-bond donors (Lipinski definition) is 1. The number of aromatic amines is 1. The molecule has 2 aromatic carbocycles. The van der Waals surface area contributed by atoms with Gasteiger partial charge in [-0.25, -0.2) is 4.90 Å². The number of ether oxygens (including phenoxy) is 1. The second kappa shape index (κ2) is 8.77. The van der Waals surface area contributed by atoms with Crippen molar-refractivity contribution in [3.8, 4) is 0 Å². The molecule has 1 atom stereocenters. The van der Waals surface area contributed by atoms with Crippen LogP contribution in [0.25, 0.3) is 10.9 Å². The number of fused-ring (bicyclic) bond motifs is 1. The molecule has 0 saturated carbocycles. The van der Waals surface area contributed by atoms with Crippen molar-refractivity contribution < 1.29 is 23.9 Å². The predicted octanol–water partition coefficient (Wildman–Crippen LogP) is 3.27. The highest BCUT2D eigenvalue weighted by atomic mass is 32.2. The van der Waals surface area contributed by atoms with Crippen molar-refractivity contribution in [1.29, 1.82) is 0 Å². The first-order valence-corrected chi connectivity index (χ1v) is 10.8. The highest BCUT2D eigenvalue weighted by molar-refractivity contribution is 8.01. The van der Waals surface area contributed by atoms with E-state index in [1.165, 1.54) is 0 Å². The topological polar surface area (TPSA) is 96.5 Å². The molecule has 1 saturated heterocycles. The average molecular weight is 436 g/mol. The molecule has 0 aliphatic carbocycles. The molecule has 0 bridgehead atoms. The number of benzene rings is 2. The third kappa shape index (κ3) is 4.54. The van der Waals surface area contributed by atoms with Crippen LogP contribution in [0.1, 0.15) is 22.3 Å². The Morgan fingerprint density at radius 1 is 1.13 bits per heavy atom. The first-order chi connectivity index (χ1) is 14.9. The summed E-state index contributed by atoms with van der Waals surface area (Å²) in [6.45, 7) is 1.56. The van der Waals surface area contributed by atoms with Crippen molar-refractivity contribution in [3.05, 3.63) is 65.9 Å². The summed E-state index contributed by atoms with van der Waals surface area (Å²) in [6.07, 6.45) is 1.80. The molecular formula is C23H20N2O5S. The molecule has 1 N–H and O–H groups in total. The Morgan fingerprint density at radius 2 is 1.90 bits per heavy atom. The quantitative estimate of drug-likeness (QED) is 0.347. The number of imide groups is 1. The van der Waals surface area contributed by atoms with Crippen LogP contribution in [0.3, 0.4) is 0 Å². The molecule has 7 nitrogen and oxygen atoms in total. The molecule has 2 heterocycles. The van der Waals surface area contributed by atoms with Gasteiger partial charge in [-0.15, -0.1) is 11.8 Å². The molecule has 4 rings (SSSR count). The molecule has 0 radical (unpaired) electrons. The first kappa shape index (κ1) is 20.9. The summed E-state index contributed by atoms with van der Waals surface area (Å²) in [5, 5.41) is 0.323. The summed E-state index contributed by atoms with van der Waals surface area (Å²) >= 11 is 1.05. The maximum Gasteiger partial charge on any atom is 0.316 e. The molecule has 1 aliphatic heterocycles. The van der Waals surface area contributed by atoms with Crippen LogP contribution < -0.4 is 4.90 Å². The number of amides is 2. The Kier molecular flexibility index (Phi) is 5.90. The molecule has 31 heavy (non-hydrogen) atoms. The Balaban J connectivity index is 1.31. The van der Waals surface area contributed by atoms with Gasteiger partial charge in [0.1, 0.15) is 0 Å². The minimum atomic E-state index is -0.660. The largest absolute Gasteiger partial charge is 0.457 e. The number of ketones is 1. The summed E-state index contributed by atoms with van der Waals surface area (Å²) in [5.41, 5.74) is 2.83. The number of aryl methyl sites for hydroxylation is 1. The van der Waals surface area contributed by atoms with Gasteiger partial charge in [-0.1, -0.05) is 35.9 Å². The molecule has 1 aliphatic rings. The Hall–Kier alpha value is -3.39. The fraction of sp³-hybridized carbons (Fsp3) is 0.217. The van der Waals surface area contributed by atoms with Gasteiger partial charge < -0.3 is 9.72 Å². The van der Waals surface area contributed by atoms with Crippen LogP contribution in [0, 0.1) is 6.92 Å². The summed E-state index contributed by atoms with van der Waals surface area (Å²) in [6, 6.07) is 14.2. The predicted molar refractivity (Wildman–Crippen MR) is 118 cm³/mol. The summed E-state index contributed by atoms with van der Waals surface area (Å²) < 4.78 is 5.04. The smallest absolute Gasteiger partial charge is 0.316 e. The third-order valence-electron chi connectivity index (χ3n) is 5.04. The number of H-pyrrole nitrogens is 1. The number of hydrogen-bond acceptors (Lipinski definition) is 6. The van der Waals surface area contributed by atoms with Crippen molar-refractivity contribution in [3.63, 3.8) is 0 Å². The van der Waals surface area contributed by atoms with Crippen LogP contribution in [0.2, 0.25) is 0 Å². The van der Waals surface area contributed by atoms with Crippen molar-refractivity contribution in [2.24, 2.45) is 0 Å². The summed E-state index contributed by atoms with van der Waals surface area (Å²) in [5.74, 6) is -1.68. The number of nitrogens with one attached hydrogen (secondary N) is 1. The Labute approximate surface area is 182 Å². The lowest BCUT2D eigenvalue weighted by molar-refractivity contribution is -0.139. The van der Waals surface area contributed by atoms with Crippen LogP contribution in [0.4, 0.5) is 5.69 Å². The van der Waals surface area contributed by atoms with E-state index in [0.717, 1.165) is 33.1 Å². The molecule has 1 aromatic heterocycles. The monoisotopic (exact) mass is 436 g/mol. The van der Waals surface area contributed by atoms with Gasteiger partial charge in [-0.3, -0.25) is 19.2 Å². The normalized spacial score (nSPS) is 16.2. The third-order valence-corrected chi connectivity index (χ3v) is 6.22. The number of aromatic nitrogens is 1. The van der Waals surface area contributed by atoms with E-state index in [9.17, 15) is 19.2 Å². The SMILES string of the molecule is Cc1ccc(C(=O)COC(=O)CSC2CC(=O)N(c3ccc4cc[nH]c4c3)C2=O)cc1. The van der Waals surface area contributed by atoms with E-state index in [1.807, 2.05) is 31.2 Å². The van der Waals surface area contributed by atoms with Crippen LogP contribution in [0.5, 0.6) is 0 Å². The molecule has 8 heteroatoms. The number of carbonyl (C=O) groups is 4. The number of carbonyl (C=O) groups excluding carboxylic acids is 4. The number of rotatable bonds is 7. The van der Waals surface area contributed by atoms with E-state index in [1.54, 1.807) is 30.5 Å². The van der Waals surface area contributed by atoms with Gasteiger partial charge >= 0.3 is 5.97 Å². The van der Waals surface area contributed by atoms with Crippen LogP contribution >= 0.6 is 11.8 Å². The molecule has 2 amide bonds. The fourth-order valence-corrected chi connectivity index (χ4v) is 4.29. The Bertz CT molecular complexity index is 1170. The molecule has 3 aromatic rings. The highest BCUT2D eigenvalue weighted by Crippen LogP contribution is 2.31. The van der Waals surface area contributed by atoms with Crippen molar-refractivity contribution in [2.75, 3.05) is 17.3 Å². The zero-order chi connectivity index (χ0) is 22.0. The molecule has 1 unspecified atom stereocenters. The van der Waals surface area contributed by atoms with Crippen molar-refractivity contribution >= 4 is 51.9 Å². The van der Waals surface area contributed by atoms with Gasteiger partial charge in [0, 0.05) is 23.7 Å². The van der Waals surface area contributed by atoms with Gasteiger partial charge in [-0.05, 0) is 30.5 Å². The van der Waals surface area contributed by atoms with Crippen LogP contribution in [-0.2, 0) is 19.1 Å². The zero-order valence-electron chi connectivity index (χ0n) is 16.8. The van der Waals surface area contributed by atoms with Crippen molar-refractivity contribution in [2.45, 2.75) is 18.6 Å². The number of esters is 1. The maximum absolute atomic E-state index is 12.7. The number of nitrogens with zero attached hydrogens (tertiary/aromatic N) is 1. The minimum absolute atomic E-state index is 0.0157. The van der Waals surface area contributed by atoms with Crippen LogP contribution in [0.15, 0.2) is 54.7 Å². The summed E-state index contributed by atoms with van der Waals surface area (Å²) in [4.78, 5) is 53.5. The van der Waals surface area contributed by atoms with E-state index >= 15 is 0 Å². The van der Waals surface area contributed by atoms with Crippen molar-refractivity contribution in [1.82, 2.24) is 4.98 Å². The van der Waals surface area contributed by atoms with E-state index in [4.69, 9.17) is 4.74 Å². The number of Topliss-reactive ketones (excluding diaryl/α,β-unsaturated/α-hetero) is 1. The van der Waals surface area contributed by atoms with E-state index in [0.29, 0.717) is 11.3 Å². The second-order valence-corrected chi connectivity index (χ2v) is 8.46. The zero-order valence-corrected chi connectivity index (χ0v) is 17.6. The minimum Gasteiger partial charge on any atom is -0.457 e. The lowest BCUT2D eigenvalue weighted by Gasteiger charge is -2.15. The molecule has 1 fully saturated rings. The second-order valence-electron chi connectivity index (χ2n) is 7.27. The molecule has 158 valence electrons. The standard InChI is InChI=1S/C23H20N2O5S/c1-14-2-4-16(5-3-14)19(26)12-30-22(28)13-31-20-11-21(27)25(23(20)29)17-7-6-15-8-9-24-18(15)10-17/h2-10,20,24H,11-13H2,1H3. The van der Waals surface area contributed by atoms with E-state index in [-0.39, 0.29) is 36.4 Å². The lowest BCUT2D eigenvalue weighted by Crippen LogP contribution is -2.31. The molecule has 0 spiro atoms. The first-order valence-electron chi connectivity index (χ1n) is 9.73. The lowest BCUT2D eigenvalue weighted by atomic mass is 10.1. The fourth-order valence-electron chi connectivity index (χ4n) is 3.36.